The molecule has 0 unspecified atom stereocenters. The molecule has 0 saturated heterocycles. The van der Waals surface area contributed by atoms with Gasteiger partial charge in [-0.2, -0.15) is 0 Å². The molecule has 0 aliphatic heterocycles. The highest BCUT2D eigenvalue weighted by molar-refractivity contribution is 7.91. The van der Waals surface area contributed by atoms with E-state index in [2.05, 4.69) is 4.74 Å². The number of sulfone groups is 1. The molecule has 5 nitrogen and oxygen atoms in total. The first-order chi connectivity index (χ1) is 8.44. The van der Waals surface area contributed by atoms with Crippen molar-refractivity contribution in [3.8, 4) is 0 Å². The van der Waals surface area contributed by atoms with Crippen LogP contribution in [0.2, 0.25) is 0 Å². The number of carbonyl (C=O) groups is 1. The molecular formula is C12H17NO4S. The Hall–Kier alpha value is -1.56. The third-order valence-corrected chi connectivity index (χ3v) is 4.23. The number of hydrogen-bond donors (Lipinski definition) is 1. The lowest BCUT2D eigenvalue weighted by Gasteiger charge is -2.06. The smallest absolute Gasteiger partial charge is 0.306 e. The summed E-state index contributed by atoms with van der Waals surface area (Å²) in [5.41, 5.74) is 7.11. The van der Waals surface area contributed by atoms with Crippen LogP contribution in [0, 0.1) is 0 Å². The third-order valence-electron chi connectivity index (χ3n) is 2.58. The first-order valence-corrected chi connectivity index (χ1v) is 7.37. The number of ether oxygens (including phenoxy) is 1. The quantitative estimate of drug-likeness (QED) is 0.610. The van der Waals surface area contributed by atoms with Gasteiger partial charge in [0.2, 0.25) is 0 Å². The number of carbonyl (C=O) groups excluding carboxylic acids is 1. The molecule has 0 atom stereocenters. The number of methoxy groups -OCH3 is 1. The van der Waals surface area contributed by atoms with Gasteiger partial charge in [-0.15, -0.1) is 0 Å². The number of esters is 1. The molecule has 0 radical (unpaired) electrons. The average Bonchev–Trinajstić information content (AvgIpc) is 2.35. The van der Waals surface area contributed by atoms with Gasteiger partial charge in [-0.3, -0.25) is 4.79 Å². The molecular weight excluding hydrogens is 254 g/mol. The number of benzene rings is 1. The zero-order valence-corrected chi connectivity index (χ0v) is 11.1. The molecule has 1 rings (SSSR count). The molecule has 1 aromatic carbocycles. The van der Waals surface area contributed by atoms with Crippen molar-refractivity contribution in [2.45, 2.75) is 12.8 Å². The van der Waals surface area contributed by atoms with E-state index >= 15 is 0 Å². The second-order valence-electron chi connectivity index (χ2n) is 3.93. The van der Waals surface area contributed by atoms with E-state index in [4.69, 9.17) is 5.73 Å². The van der Waals surface area contributed by atoms with E-state index in [0.717, 1.165) is 5.56 Å². The summed E-state index contributed by atoms with van der Waals surface area (Å²) in [5, 5.41) is 0. The van der Waals surface area contributed by atoms with Crippen molar-refractivity contribution < 1.29 is 17.9 Å². The summed E-state index contributed by atoms with van der Waals surface area (Å²) in [6, 6.07) is 7.14. The van der Waals surface area contributed by atoms with Gasteiger partial charge in [-0.05, 0) is 18.1 Å². The number of anilines is 1. The van der Waals surface area contributed by atoms with Gasteiger partial charge < -0.3 is 10.5 Å². The Morgan fingerprint density at radius 1 is 1.28 bits per heavy atom. The van der Waals surface area contributed by atoms with E-state index in [1.807, 2.05) is 6.07 Å². The SMILES string of the molecule is COC(=O)CCS(=O)(=O)CCc1ccccc1N. The minimum absolute atomic E-state index is 0.0157. The maximum absolute atomic E-state index is 11.7. The lowest BCUT2D eigenvalue weighted by Crippen LogP contribution is -2.17. The van der Waals surface area contributed by atoms with Crippen LogP contribution in [-0.4, -0.2) is 33.0 Å². The second kappa shape index (κ2) is 6.39. The third kappa shape index (κ3) is 4.75. The van der Waals surface area contributed by atoms with Crippen LogP contribution in [0.1, 0.15) is 12.0 Å². The highest BCUT2D eigenvalue weighted by Crippen LogP contribution is 2.12. The second-order valence-corrected chi connectivity index (χ2v) is 6.23. The Morgan fingerprint density at radius 3 is 2.56 bits per heavy atom. The fourth-order valence-corrected chi connectivity index (χ4v) is 2.68. The molecule has 0 aromatic heterocycles. The maximum atomic E-state index is 11.7. The Bertz CT molecular complexity index is 511. The topological polar surface area (TPSA) is 86.5 Å². The predicted octanol–water partition coefficient (Wildman–Crippen LogP) is 0.789. The molecule has 2 N–H and O–H groups in total. The molecule has 0 amide bonds. The standard InChI is InChI=1S/C12H17NO4S/c1-17-12(14)7-9-18(15,16)8-6-10-4-2-3-5-11(10)13/h2-5H,6-9,13H2,1H3. The molecule has 0 aliphatic rings. The monoisotopic (exact) mass is 271 g/mol. The molecule has 1 aromatic rings. The number of nitrogens with two attached hydrogens (primary N) is 1. The summed E-state index contributed by atoms with van der Waals surface area (Å²) >= 11 is 0. The van der Waals surface area contributed by atoms with E-state index in [-0.39, 0.29) is 17.9 Å². The van der Waals surface area contributed by atoms with Crippen molar-refractivity contribution in [2.24, 2.45) is 0 Å². The minimum atomic E-state index is -3.26. The fraction of sp³-hybridized carbons (Fsp3) is 0.417. The summed E-state index contributed by atoms with van der Waals surface area (Å²) in [4.78, 5) is 10.9. The van der Waals surface area contributed by atoms with Gasteiger partial charge in [-0.1, -0.05) is 18.2 Å². The number of para-hydroxylation sites is 1. The lowest BCUT2D eigenvalue weighted by molar-refractivity contribution is -0.140. The number of aryl methyl sites for hydroxylation is 1. The Balaban J connectivity index is 2.52. The normalized spacial score (nSPS) is 11.2. The summed E-state index contributed by atoms with van der Waals surface area (Å²) in [6.07, 6.45) is 0.249. The van der Waals surface area contributed by atoms with Crippen LogP contribution in [0.4, 0.5) is 5.69 Å². The summed E-state index contributed by atoms with van der Waals surface area (Å²) in [6.45, 7) is 0. The molecule has 0 spiro atoms. The molecule has 18 heavy (non-hydrogen) atoms. The largest absolute Gasteiger partial charge is 0.469 e. The summed E-state index contributed by atoms with van der Waals surface area (Å²) < 4.78 is 27.8. The molecule has 100 valence electrons. The van der Waals surface area contributed by atoms with E-state index in [9.17, 15) is 13.2 Å². The van der Waals surface area contributed by atoms with Gasteiger partial charge in [0.1, 0.15) is 0 Å². The van der Waals surface area contributed by atoms with E-state index < -0.39 is 15.8 Å². The zero-order valence-electron chi connectivity index (χ0n) is 10.3. The van der Waals surface area contributed by atoms with Gasteiger partial charge >= 0.3 is 5.97 Å². The van der Waals surface area contributed by atoms with Gasteiger partial charge in [-0.25, -0.2) is 8.42 Å². The predicted molar refractivity (Wildman–Crippen MR) is 69.8 cm³/mol. The lowest BCUT2D eigenvalue weighted by atomic mass is 10.1. The van der Waals surface area contributed by atoms with Crippen LogP contribution < -0.4 is 5.73 Å². The van der Waals surface area contributed by atoms with E-state index in [0.29, 0.717) is 12.1 Å². The Labute approximate surface area is 107 Å². The van der Waals surface area contributed by atoms with Crippen molar-refractivity contribution >= 4 is 21.5 Å². The molecule has 0 bridgehead atoms. The van der Waals surface area contributed by atoms with Gasteiger partial charge in [0.15, 0.2) is 9.84 Å². The van der Waals surface area contributed by atoms with Gasteiger partial charge in [0.05, 0.1) is 25.0 Å². The Morgan fingerprint density at radius 2 is 1.94 bits per heavy atom. The first kappa shape index (κ1) is 14.5. The molecule has 0 heterocycles. The molecule has 0 aliphatic carbocycles. The molecule has 0 saturated carbocycles. The van der Waals surface area contributed by atoms with Crippen LogP contribution in [0.15, 0.2) is 24.3 Å². The van der Waals surface area contributed by atoms with Crippen LogP contribution >= 0.6 is 0 Å². The van der Waals surface area contributed by atoms with Crippen molar-refractivity contribution in [2.75, 3.05) is 24.3 Å². The van der Waals surface area contributed by atoms with E-state index in [1.165, 1.54) is 7.11 Å². The van der Waals surface area contributed by atoms with Crippen LogP contribution in [-0.2, 0) is 25.8 Å². The van der Waals surface area contributed by atoms with Crippen molar-refractivity contribution in [1.82, 2.24) is 0 Å². The molecule has 0 fully saturated rings. The summed E-state index contributed by atoms with van der Waals surface area (Å²) in [5.74, 6) is -0.720. The maximum Gasteiger partial charge on any atom is 0.306 e. The highest BCUT2D eigenvalue weighted by atomic mass is 32.2. The Kier molecular flexibility index (Phi) is 5.15. The summed E-state index contributed by atoms with van der Waals surface area (Å²) in [7, 11) is -2.02. The fourth-order valence-electron chi connectivity index (χ4n) is 1.47. The van der Waals surface area contributed by atoms with Crippen molar-refractivity contribution in [1.29, 1.82) is 0 Å². The van der Waals surface area contributed by atoms with Crippen LogP contribution in [0.3, 0.4) is 0 Å². The zero-order chi connectivity index (χ0) is 13.6. The first-order valence-electron chi connectivity index (χ1n) is 5.55. The van der Waals surface area contributed by atoms with E-state index in [1.54, 1.807) is 18.2 Å². The average molecular weight is 271 g/mol. The van der Waals surface area contributed by atoms with Crippen LogP contribution in [0.5, 0.6) is 0 Å². The highest BCUT2D eigenvalue weighted by Gasteiger charge is 2.14. The van der Waals surface area contributed by atoms with Gasteiger partial charge in [0.25, 0.3) is 0 Å². The number of hydrogen-bond acceptors (Lipinski definition) is 5. The molecule has 6 heteroatoms. The minimum Gasteiger partial charge on any atom is -0.469 e. The number of nitrogen functional groups attached to an aromatic ring is 1. The van der Waals surface area contributed by atoms with Crippen LogP contribution in [0.25, 0.3) is 0 Å². The van der Waals surface area contributed by atoms with Crippen molar-refractivity contribution in [3.05, 3.63) is 29.8 Å². The number of rotatable bonds is 6. The van der Waals surface area contributed by atoms with Crippen molar-refractivity contribution in [3.63, 3.8) is 0 Å². The van der Waals surface area contributed by atoms with Gasteiger partial charge in [0, 0.05) is 5.69 Å².